The molecule has 0 aliphatic carbocycles. The van der Waals surface area contributed by atoms with Gasteiger partial charge in [-0.15, -0.1) is 5.10 Å². The number of aryl methyl sites for hydroxylation is 1. The Hall–Kier alpha value is -4.02. The van der Waals surface area contributed by atoms with Gasteiger partial charge < -0.3 is 20.5 Å². The Balaban J connectivity index is 1.82. The second kappa shape index (κ2) is 8.33. The van der Waals surface area contributed by atoms with Gasteiger partial charge in [-0.3, -0.25) is 9.59 Å². The lowest BCUT2D eigenvalue weighted by Gasteiger charge is -2.12. The summed E-state index contributed by atoms with van der Waals surface area (Å²) in [5.74, 6) is -0.738. The third-order valence-electron chi connectivity index (χ3n) is 3.85. The van der Waals surface area contributed by atoms with Gasteiger partial charge in [-0.25, -0.2) is 4.39 Å². The van der Waals surface area contributed by atoms with Crippen LogP contribution in [0.15, 0.2) is 36.4 Å². The minimum atomic E-state index is -0.640. The molecule has 10 nitrogen and oxygen atoms in total. The number of nitrogens with two attached hydrogens (primary N) is 1. The third kappa shape index (κ3) is 4.46. The number of benzene rings is 2. The number of hydrogen-bond acceptors (Lipinski definition) is 7. The molecule has 0 aliphatic rings. The van der Waals surface area contributed by atoms with Crippen molar-refractivity contribution >= 4 is 17.5 Å². The van der Waals surface area contributed by atoms with Crippen LogP contribution in [-0.2, 0) is 4.79 Å². The van der Waals surface area contributed by atoms with Gasteiger partial charge in [0.15, 0.2) is 23.9 Å². The molecule has 0 aliphatic heterocycles. The highest BCUT2D eigenvalue weighted by molar-refractivity contribution is 6.04. The van der Waals surface area contributed by atoms with E-state index >= 15 is 0 Å². The minimum Gasteiger partial charge on any atom is -0.493 e. The monoisotopic (exact) mass is 400 g/mol. The average molecular weight is 400 g/mol. The van der Waals surface area contributed by atoms with Crippen LogP contribution in [0.3, 0.4) is 0 Å². The molecule has 0 fully saturated rings. The molecule has 0 radical (unpaired) electrons. The highest BCUT2D eigenvalue weighted by atomic mass is 19.1. The number of aromatic nitrogens is 4. The number of carbonyl (C=O) groups excluding carboxylic acids is 2. The van der Waals surface area contributed by atoms with Gasteiger partial charge >= 0.3 is 0 Å². The molecule has 29 heavy (non-hydrogen) atoms. The lowest BCUT2D eigenvalue weighted by molar-refractivity contribution is -0.119. The minimum absolute atomic E-state index is 0.0954. The zero-order valence-corrected chi connectivity index (χ0v) is 15.5. The Morgan fingerprint density at radius 2 is 2.00 bits per heavy atom. The van der Waals surface area contributed by atoms with Crippen LogP contribution in [0, 0.1) is 12.7 Å². The molecular weight excluding hydrogens is 383 g/mol. The summed E-state index contributed by atoms with van der Waals surface area (Å²) >= 11 is 0. The van der Waals surface area contributed by atoms with Crippen LogP contribution in [-0.4, -0.2) is 45.7 Å². The predicted molar refractivity (Wildman–Crippen MR) is 99.5 cm³/mol. The number of primary amides is 1. The summed E-state index contributed by atoms with van der Waals surface area (Å²) < 4.78 is 25.8. The predicted octanol–water partition coefficient (Wildman–Crippen LogP) is 1.23. The summed E-state index contributed by atoms with van der Waals surface area (Å²) in [7, 11) is 1.40. The standard InChI is InChI=1S/C18H17FN6O4/c1-10-22-23-24-25(10)14-8-12(4-5-13(14)19)21-18(27)11-3-6-15(16(7-11)28-2)29-9-17(20)26/h3-8H,9H2,1-2H3,(H2,20,26)(H,21,27). The van der Waals surface area contributed by atoms with Crippen molar-refractivity contribution in [2.24, 2.45) is 5.73 Å². The molecule has 3 N–H and O–H groups in total. The molecule has 0 saturated heterocycles. The smallest absolute Gasteiger partial charge is 0.255 e. The molecule has 0 spiro atoms. The van der Waals surface area contributed by atoms with Crippen molar-refractivity contribution < 1.29 is 23.5 Å². The van der Waals surface area contributed by atoms with E-state index in [4.69, 9.17) is 15.2 Å². The second-order valence-electron chi connectivity index (χ2n) is 5.88. The zero-order chi connectivity index (χ0) is 21.0. The Bertz CT molecular complexity index is 1070. The maximum Gasteiger partial charge on any atom is 0.255 e. The highest BCUT2D eigenvalue weighted by Crippen LogP contribution is 2.28. The first-order valence-electron chi connectivity index (χ1n) is 8.34. The Kier molecular flexibility index (Phi) is 5.67. The molecule has 1 aromatic heterocycles. The molecule has 11 heteroatoms. The lowest BCUT2D eigenvalue weighted by Crippen LogP contribution is -2.20. The number of halogens is 1. The quantitative estimate of drug-likeness (QED) is 0.609. The van der Waals surface area contributed by atoms with Crippen LogP contribution < -0.4 is 20.5 Å². The highest BCUT2D eigenvalue weighted by Gasteiger charge is 2.15. The van der Waals surface area contributed by atoms with Gasteiger partial charge in [0, 0.05) is 11.3 Å². The number of anilines is 1. The van der Waals surface area contributed by atoms with Crippen LogP contribution in [0.4, 0.5) is 10.1 Å². The van der Waals surface area contributed by atoms with Crippen molar-refractivity contribution in [2.75, 3.05) is 19.0 Å². The first kappa shape index (κ1) is 19.7. The van der Waals surface area contributed by atoms with E-state index in [0.29, 0.717) is 11.5 Å². The maximum absolute atomic E-state index is 14.2. The molecule has 3 aromatic rings. The number of methoxy groups -OCH3 is 1. The van der Waals surface area contributed by atoms with E-state index in [1.54, 1.807) is 6.92 Å². The molecule has 0 atom stereocenters. The third-order valence-corrected chi connectivity index (χ3v) is 3.85. The fourth-order valence-electron chi connectivity index (χ4n) is 2.49. The molecule has 2 aromatic carbocycles. The van der Waals surface area contributed by atoms with Crippen molar-refractivity contribution in [3.05, 3.63) is 53.6 Å². The van der Waals surface area contributed by atoms with Crippen molar-refractivity contribution in [1.29, 1.82) is 0 Å². The molecule has 0 unspecified atom stereocenters. The maximum atomic E-state index is 14.2. The van der Waals surface area contributed by atoms with E-state index in [1.165, 1.54) is 48.2 Å². The lowest BCUT2D eigenvalue weighted by atomic mass is 10.1. The molecule has 2 amide bonds. The van der Waals surface area contributed by atoms with Crippen molar-refractivity contribution in [3.8, 4) is 17.2 Å². The zero-order valence-electron chi connectivity index (χ0n) is 15.5. The number of ether oxygens (including phenoxy) is 2. The molecule has 0 bridgehead atoms. The fourth-order valence-corrected chi connectivity index (χ4v) is 2.49. The van der Waals surface area contributed by atoms with Gasteiger partial charge in [0.1, 0.15) is 11.5 Å². The first-order chi connectivity index (χ1) is 13.9. The fraction of sp³-hybridized carbons (Fsp3) is 0.167. The number of amides is 2. The van der Waals surface area contributed by atoms with Crippen molar-refractivity contribution in [2.45, 2.75) is 6.92 Å². The number of carbonyl (C=O) groups is 2. The topological polar surface area (TPSA) is 134 Å². The van der Waals surface area contributed by atoms with E-state index in [9.17, 15) is 14.0 Å². The summed E-state index contributed by atoms with van der Waals surface area (Å²) in [6.45, 7) is 1.30. The van der Waals surface area contributed by atoms with Gasteiger partial charge in [-0.2, -0.15) is 4.68 Å². The van der Waals surface area contributed by atoms with Crippen LogP contribution >= 0.6 is 0 Å². The van der Waals surface area contributed by atoms with Crippen LogP contribution in [0.25, 0.3) is 5.69 Å². The molecule has 3 rings (SSSR count). The number of hydrogen-bond donors (Lipinski definition) is 2. The number of rotatable bonds is 7. The summed E-state index contributed by atoms with van der Waals surface area (Å²) in [5.41, 5.74) is 5.75. The van der Waals surface area contributed by atoms with Crippen LogP contribution in [0.2, 0.25) is 0 Å². The van der Waals surface area contributed by atoms with E-state index in [2.05, 4.69) is 20.8 Å². The molecule has 1 heterocycles. The van der Waals surface area contributed by atoms with Gasteiger partial charge in [-0.05, 0) is 53.7 Å². The number of nitrogens with one attached hydrogen (secondary N) is 1. The normalized spacial score (nSPS) is 10.4. The molecule has 150 valence electrons. The van der Waals surface area contributed by atoms with Crippen molar-refractivity contribution in [1.82, 2.24) is 20.2 Å². The van der Waals surface area contributed by atoms with Gasteiger partial charge in [0.05, 0.1) is 7.11 Å². The SMILES string of the molecule is COc1cc(C(=O)Nc2ccc(F)c(-n3nnnc3C)c2)ccc1OCC(N)=O. The van der Waals surface area contributed by atoms with Gasteiger partial charge in [-0.1, -0.05) is 0 Å². The molecule has 0 saturated carbocycles. The van der Waals surface area contributed by atoms with Crippen LogP contribution in [0.1, 0.15) is 16.2 Å². The molecular formula is C18H17FN6O4. The summed E-state index contributed by atoms with van der Waals surface area (Å²) in [5, 5.41) is 13.6. The largest absolute Gasteiger partial charge is 0.493 e. The average Bonchev–Trinajstić information content (AvgIpc) is 3.13. The number of tetrazole rings is 1. The van der Waals surface area contributed by atoms with E-state index < -0.39 is 17.6 Å². The van der Waals surface area contributed by atoms with Gasteiger partial charge in [0.2, 0.25) is 0 Å². The Morgan fingerprint density at radius 1 is 1.21 bits per heavy atom. The van der Waals surface area contributed by atoms with Crippen molar-refractivity contribution in [3.63, 3.8) is 0 Å². The van der Waals surface area contributed by atoms with E-state index in [1.807, 2.05) is 0 Å². The first-order valence-corrected chi connectivity index (χ1v) is 8.34. The Labute approximate surface area is 164 Å². The van der Waals surface area contributed by atoms with E-state index in [0.717, 1.165) is 0 Å². The summed E-state index contributed by atoms with van der Waals surface area (Å²) in [6, 6.07) is 8.45. The van der Waals surface area contributed by atoms with Gasteiger partial charge in [0.25, 0.3) is 11.8 Å². The Morgan fingerprint density at radius 3 is 2.66 bits per heavy atom. The number of nitrogens with zero attached hydrogens (tertiary/aromatic N) is 4. The second-order valence-corrected chi connectivity index (χ2v) is 5.88. The summed E-state index contributed by atoms with van der Waals surface area (Å²) in [4.78, 5) is 23.4. The van der Waals surface area contributed by atoms with Crippen LogP contribution in [0.5, 0.6) is 11.5 Å². The summed E-state index contributed by atoms with van der Waals surface area (Å²) in [6.07, 6.45) is 0. The van der Waals surface area contributed by atoms with E-state index in [-0.39, 0.29) is 29.4 Å².